The molecule has 3 heterocycles. The highest BCUT2D eigenvalue weighted by Gasteiger charge is 2.27. The molecule has 3 rings (SSSR count). The van der Waals surface area contributed by atoms with Gasteiger partial charge in [0, 0.05) is 24.2 Å². The first-order valence-electron chi connectivity index (χ1n) is 6.40. The van der Waals surface area contributed by atoms with E-state index in [1.165, 1.54) is 15.7 Å². The van der Waals surface area contributed by atoms with Crippen molar-refractivity contribution >= 4 is 32.1 Å². The molecule has 3 N–H and O–H groups in total. The summed E-state index contributed by atoms with van der Waals surface area (Å²) in [5, 5.41) is 1.82. The summed E-state index contributed by atoms with van der Waals surface area (Å²) in [6.07, 6.45) is 3.78. The molecule has 2 aromatic rings. The van der Waals surface area contributed by atoms with Crippen molar-refractivity contribution in [1.82, 2.24) is 19.0 Å². The zero-order valence-corrected chi connectivity index (χ0v) is 12.7. The Morgan fingerprint density at radius 3 is 3.10 bits per heavy atom. The first-order valence-corrected chi connectivity index (χ1v) is 8.76. The Morgan fingerprint density at radius 1 is 1.60 bits per heavy atom. The second kappa shape index (κ2) is 4.99. The molecule has 1 unspecified atom stereocenters. The first-order chi connectivity index (χ1) is 9.49. The number of nitrogen functional groups attached to an aromatic ring is 1. The van der Waals surface area contributed by atoms with Crippen LogP contribution in [-0.2, 0) is 10.0 Å². The van der Waals surface area contributed by atoms with Crippen LogP contribution in [0.1, 0.15) is 12.8 Å². The highest BCUT2D eigenvalue weighted by Crippen LogP contribution is 2.23. The SMILES string of the molecule is CN1CCCC1CNS(=O)(=O)c1c(N)nc2sccn12. The van der Waals surface area contributed by atoms with Crippen LogP contribution in [0.2, 0.25) is 0 Å². The van der Waals surface area contributed by atoms with Crippen LogP contribution in [-0.4, -0.2) is 48.9 Å². The molecule has 0 spiro atoms. The quantitative estimate of drug-likeness (QED) is 0.849. The predicted octanol–water partition coefficient (Wildman–Crippen LogP) is 0.350. The third-order valence-corrected chi connectivity index (χ3v) is 5.90. The Hall–Kier alpha value is -1.16. The highest BCUT2D eigenvalue weighted by molar-refractivity contribution is 7.89. The molecule has 1 fully saturated rings. The molecule has 1 saturated heterocycles. The van der Waals surface area contributed by atoms with Gasteiger partial charge in [-0.2, -0.15) is 0 Å². The van der Waals surface area contributed by atoms with Crippen molar-refractivity contribution in [3.63, 3.8) is 0 Å². The zero-order valence-electron chi connectivity index (χ0n) is 11.1. The van der Waals surface area contributed by atoms with E-state index in [1.807, 2.05) is 7.05 Å². The van der Waals surface area contributed by atoms with Crippen molar-refractivity contribution in [2.45, 2.75) is 23.9 Å². The van der Waals surface area contributed by atoms with Crippen molar-refractivity contribution in [2.75, 3.05) is 25.9 Å². The van der Waals surface area contributed by atoms with Crippen LogP contribution < -0.4 is 10.5 Å². The number of imidazole rings is 1. The van der Waals surface area contributed by atoms with E-state index in [2.05, 4.69) is 14.6 Å². The molecule has 20 heavy (non-hydrogen) atoms. The van der Waals surface area contributed by atoms with Gasteiger partial charge in [0.05, 0.1) is 0 Å². The highest BCUT2D eigenvalue weighted by atomic mass is 32.2. The molecule has 0 bridgehead atoms. The summed E-state index contributed by atoms with van der Waals surface area (Å²) in [5.41, 5.74) is 5.74. The van der Waals surface area contributed by atoms with Crippen LogP contribution in [0.25, 0.3) is 4.96 Å². The molecule has 0 saturated carbocycles. The van der Waals surface area contributed by atoms with Crippen molar-refractivity contribution in [2.24, 2.45) is 0 Å². The lowest BCUT2D eigenvalue weighted by Gasteiger charge is -2.19. The number of likely N-dealkylation sites (N-methyl/N-ethyl adjacent to an activating group) is 1. The average Bonchev–Trinajstić information content (AvgIpc) is 3.02. The number of hydrogen-bond acceptors (Lipinski definition) is 6. The topological polar surface area (TPSA) is 92.7 Å². The third kappa shape index (κ3) is 2.30. The fourth-order valence-electron chi connectivity index (χ4n) is 2.56. The molecule has 2 aromatic heterocycles. The van der Waals surface area contributed by atoms with E-state index in [4.69, 9.17) is 5.73 Å². The molecule has 0 aromatic carbocycles. The third-order valence-electron chi connectivity index (χ3n) is 3.68. The van der Waals surface area contributed by atoms with Gasteiger partial charge < -0.3 is 10.6 Å². The molecule has 1 atom stereocenters. The Labute approximate surface area is 121 Å². The minimum absolute atomic E-state index is 0.0365. The molecule has 0 amide bonds. The standard InChI is InChI=1S/C11H17N5O2S2/c1-15-4-2-3-8(15)7-13-20(17,18)10-9(12)14-11-16(10)5-6-19-11/h5-6,8,13H,2-4,7,12H2,1H3. The summed E-state index contributed by atoms with van der Waals surface area (Å²) in [6, 6.07) is 0.247. The summed E-state index contributed by atoms with van der Waals surface area (Å²) in [7, 11) is -1.64. The van der Waals surface area contributed by atoms with Gasteiger partial charge in [-0.05, 0) is 26.4 Å². The number of hydrogen-bond donors (Lipinski definition) is 2. The van der Waals surface area contributed by atoms with E-state index in [9.17, 15) is 8.42 Å². The van der Waals surface area contributed by atoms with Gasteiger partial charge in [-0.15, -0.1) is 11.3 Å². The van der Waals surface area contributed by atoms with Crippen molar-refractivity contribution in [1.29, 1.82) is 0 Å². The first kappa shape index (κ1) is 13.8. The number of anilines is 1. The van der Waals surface area contributed by atoms with E-state index >= 15 is 0 Å². The number of sulfonamides is 1. The number of likely N-dealkylation sites (tertiary alicyclic amines) is 1. The van der Waals surface area contributed by atoms with Crippen molar-refractivity contribution < 1.29 is 8.42 Å². The number of fused-ring (bicyclic) bond motifs is 1. The average molecular weight is 315 g/mol. The van der Waals surface area contributed by atoms with Gasteiger partial charge in [0.1, 0.15) is 0 Å². The lowest BCUT2D eigenvalue weighted by molar-refractivity contribution is 0.310. The summed E-state index contributed by atoms with van der Waals surface area (Å²) >= 11 is 1.35. The number of nitrogens with zero attached hydrogens (tertiary/aromatic N) is 3. The van der Waals surface area contributed by atoms with Crippen LogP contribution in [0.5, 0.6) is 0 Å². The molecule has 9 heteroatoms. The number of nitrogens with one attached hydrogen (secondary N) is 1. The zero-order chi connectivity index (χ0) is 14.3. The van der Waals surface area contributed by atoms with Gasteiger partial charge in [0.2, 0.25) is 0 Å². The molecular weight excluding hydrogens is 298 g/mol. The normalized spacial score (nSPS) is 20.9. The van der Waals surface area contributed by atoms with E-state index in [-0.39, 0.29) is 16.9 Å². The maximum Gasteiger partial charge on any atom is 0.260 e. The molecule has 0 aliphatic carbocycles. The van der Waals surface area contributed by atoms with Crippen molar-refractivity contribution in [3.05, 3.63) is 11.6 Å². The van der Waals surface area contributed by atoms with E-state index < -0.39 is 10.0 Å². The second-order valence-electron chi connectivity index (χ2n) is 4.99. The van der Waals surface area contributed by atoms with Crippen LogP contribution in [0.3, 0.4) is 0 Å². The molecular formula is C11H17N5O2S2. The number of aromatic nitrogens is 2. The predicted molar refractivity (Wildman–Crippen MR) is 78.3 cm³/mol. The minimum atomic E-state index is -3.65. The van der Waals surface area contributed by atoms with Gasteiger partial charge >= 0.3 is 0 Å². The summed E-state index contributed by atoms with van der Waals surface area (Å²) in [6.45, 7) is 1.41. The molecule has 110 valence electrons. The van der Waals surface area contributed by atoms with Crippen LogP contribution >= 0.6 is 11.3 Å². The maximum absolute atomic E-state index is 12.4. The number of nitrogens with two attached hydrogens (primary N) is 1. The molecule has 1 aliphatic heterocycles. The van der Waals surface area contributed by atoms with Gasteiger partial charge in [-0.25, -0.2) is 18.1 Å². The fraction of sp³-hybridized carbons (Fsp3) is 0.545. The Kier molecular flexibility index (Phi) is 3.44. The monoisotopic (exact) mass is 315 g/mol. The molecule has 7 nitrogen and oxygen atoms in total. The van der Waals surface area contributed by atoms with Crippen molar-refractivity contribution in [3.8, 4) is 0 Å². The Balaban J connectivity index is 1.84. The maximum atomic E-state index is 12.4. The molecule has 0 radical (unpaired) electrons. The van der Waals surface area contributed by atoms with E-state index in [0.717, 1.165) is 19.4 Å². The number of rotatable bonds is 4. The van der Waals surface area contributed by atoms with Gasteiger partial charge in [0.25, 0.3) is 10.0 Å². The number of thiazole rings is 1. The van der Waals surface area contributed by atoms with Crippen LogP contribution in [0.4, 0.5) is 5.82 Å². The minimum Gasteiger partial charge on any atom is -0.381 e. The van der Waals surface area contributed by atoms with E-state index in [1.54, 1.807) is 11.6 Å². The Bertz CT molecular complexity index is 720. The molecule has 1 aliphatic rings. The van der Waals surface area contributed by atoms with E-state index in [0.29, 0.717) is 11.5 Å². The Morgan fingerprint density at radius 2 is 2.40 bits per heavy atom. The summed E-state index contributed by atoms with van der Waals surface area (Å²) < 4.78 is 29.0. The smallest absolute Gasteiger partial charge is 0.260 e. The lowest BCUT2D eigenvalue weighted by atomic mass is 10.2. The van der Waals surface area contributed by atoms with Crippen LogP contribution in [0.15, 0.2) is 16.6 Å². The second-order valence-corrected chi connectivity index (χ2v) is 7.54. The van der Waals surface area contributed by atoms with Gasteiger partial charge in [0.15, 0.2) is 15.8 Å². The van der Waals surface area contributed by atoms with Gasteiger partial charge in [-0.3, -0.25) is 4.40 Å². The fourth-order valence-corrected chi connectivity index (χ4v) is 4.61. The van der Waals surface area contributed by atoms with Crippen LogP contribution in [0, 0.1) is 0 Å². The summed E-state index contributed by atoms with van der Waals surface area (Å²) in [5.74, 6) is 0.0455. The summed E-state index contributed by atoms with van der Waals surface area (Å²) in [4.78, 5) is 6.82. The largest absolute Gasteiger partial charge is 0.381 e. The van der Waals surface area contributed by atoms with Gasteiger partial charge in [-0.1, -0.05) is 0 Å². The lowest BCUT2D eigenvalue weighted by Crippen LogP contribution is -2.38.